The fourth-order valence-corrected chi connectivity index (χ4v) is 4.42. The van der Waals surface area contributed by atoms with Crippen molar-refractivity contribution in [3.8, 4) is 0 Å². The number of carbonyl (C=O) groups is 3. The zero-order valence-corrected chi connectivity index (χ0v) is 17.2. The summed E-state index contributed by atoms with van der Waals surface area (Å²) in [6.07, 6.45) is 7.70. The van der Waals surface area contributed by atoms with Crippen molar-refractivity contribution >= 4 is 17.6 Å². The van der Waals surface area contributed by atoms with Crippen LogP contribution < -0.4 is 0 Å². The van der Waals surface area contributed by atoms with Crippen LogP contribution in [0, 0.1) is 17.8 Å². The molecule has 0 spiro atoms. The highest BCUT2D eigenvalue weighted by Gasteiger charge is 2.32. The monoisotopic (exact) mass is 380 g/mol. The van der Waals surface area contributed by atoms with Crippen LogP contribution in [0.1, 0.15) is 58.3 Å². The Kier molecular flexibility index (Phi) is 8.74. The van der Waals surface area contributed by atoms with Crippen LogP contribution in [-0.2, 0) is 19.1 Å². The van der Waals surface area contributed by atoms with E-state index >= 15 is 0 Å². The quantitative estimate of drug-likeness (QED) is 0.649. The first kappa shape index (κ1) is 21.9. The number of likely N-dealkylation sites (tertiary alicyclic amines) is 1. The molecule has 2 rings (SSSR count). The molecule has 0 aromatic heterocycles. The van der Waals surface area contributed by atoms with Crippen LogP contribution in [0.4, 0.5) is 0 Å². The molecular weight excluding hydrogens is 344 g/mol. The summed E-state index contributed by atoms with van der Waals surface area (Å²) in [5.74, 6) is 1.55. The SMILES string of the molecule is COCC(=O)N(C)CCCC1CCN(C(=O)C2CCC(C(C)=O)CC2)CC1. The molecule has 0 radical (unpaired) electrons. The fraction of sp³-hybridized carbons (Fsp3) is 0.857. The van der Waals surface area contributed by atoms with Crippen LogP contribution in [0.25, 0.3) is 0 Å². The Labute approximate surface area is 163 Å². The summed E-state index contributed by atoms with van der Waals surface area (Å²) in [4.78, 5) is 39.7. The van der Waals surface area contributed by atoms with Gasteiger partial charge in [0.2, 0.25) is 11.8 Å². The lowest BCUT2D eigenvalue weighted by Crippen LogP contribution is -2.43. The Morgan fingerprint density at radius 3 is 2.15 bits per heavy atom. The first-order chi connectivity index (χ1) is 12.9. The Morgan fingerprint density at radius 1 is 1.00 bits per heavy atom. The summed E-state index contributed by atoms with van der Waals surface area (Å²) in [5.41, 5.74) is 0. The van der Waals surface area contributed by atoms with Crippen LogP contribution in [0.15, 0.2) is 0 Å². The normalized spacial score (nSPS) is 23.9. The summed E-state index contributed by atoms with van der Waals surface area (Å²) >= 11 is 0. The number of rotatable bonds is 8. The van der Waals surface area contributed by atoms with Gasteiger partial charge in [0.15, 0.2) is 0 Å². The lowest BCUT2D eigenvalue weighted by atomic mass is 9.79. The molecule has 0 bridgehead atoms. The Balaban J connectivity index is 1.64. The van der Waals surface area contributed by atoms with E-state index in [0.29, 0.717) is 11.8 Å². The van der Waals surface area contributed by atoms with Crippen molar-refractivity contribution in [3.05, 3.63) is 0 Å². The first-order valence-electron chi connectivity index (χ1n) is 10.4. The van der Waals surface area contributed by atoms with Crippen LogP contribution >= 0.6 is 0 Å². The Morgan fingerprint density at radius 2 is 1.59 bits per heavy atom. The standard InChI is InChI=1S/C21H36N2O4/c1-16(24)18-6-8-19(9-7-18)21(26)23-13-10-17(11-14-23)5-4-12-22(2)20(25)15-27-3/h17-19H,4-15H2,1-3H3. The van der Waals surface area contributed by atoms with Crippen molar-refractivity contribution in [1.82, 2.24) is 9.80 Å². The molecule has 6 heteroatoms. The lowest BCUT2D eigenvalue weighted by Gasteiger charge is -2.36. The van der Waals surface area contributed by atoms with Gasteiger partial charge in [0.1, 0.15) is 12.4 Å². The van der Waals surface area contributed by atoms with Crippen molar-refractivity contribution in [1.29, 1.82) is 0 Å². The molecule has 1 aliphatic carbocycles. The number of ketones is 1. The second-order valence-electron chi connectivity index (χ2n) is 8.32. The minimum atomic E-state index is 0.0254. The molecule has 2 fully saturated rings. The maximum Gasteiger partial charge on any atom is 0.248 e. The van der Waals surface area contributed by atoms with E-state index in [1.54, 1.807) is 11.8 Å². The lowest BCUT2D eigenvalue weighted by molar-refractivity contribution is -0.139. The third-order valence-corrected chi connectivity index (χ3v) is 6.38. The summed E-state index contributed by atoms with van der Waals surface area (Å²) < 4.78 is 4.88. The Bertz CT molecular complexity index is 506. The van der Waals surface area contributed by atoms with Gasteiger partial charge < -0.3 is 14.5 Å². The molecule has 0 aromatic carbocycles. The molecule has 1 aliphatic heterocycles. The summed E-state index contributed by atoms with van der Waals surface area (Å²) in [6, 6.07) is 0. The molecule has 1 saturated heterocycles. The first-order valence-corrected chi connectivity index (χ1v) is 10.4. The highest BCUT2D eigenvalue weighted by atomic mass is 16.5. The van der Waals surface area contributed by atoms with E-state index in [9.17, 15) is 14.4 Å². The average Bonchev–Trinajstić information content (AvgIpc) is 2.68. The molecule has 154 valence electrons. The average molecular weight is 381 g/mol. The van der Waals surface area contributed by atoms with Gasteiger partial charge >= 0.3 is 0 Å². The largest absolute Gasteiger partial charge is 0.375 e. The van der Waals surface area contributed by atoms with Crippen molar-refractivity contribution in [3.63, 3.8) is 0 Å². The van der Waals surface area contributed by atoms with Crippen molar-refractivity contribution < 1.29 is 19.1 Å². The predicted octanol–water partition coefficient (Wildman–Crippen LogP) is 2.51. The molecular formula is C21H36N2O4. The number of amides is 2. The number of Topliss-reactive ketones (excluding diaryl/α,β-unsaturated/α-hetero) is 1. The molecule has 0 aromatic rings. The van der Waals surface area contributed by atoms with Crippen LogP contribution in [0.2, 0.25) is 0 Å². The molecule has 2 aliphatic rings. The zero-order valence-electron chi connectivity index (χ0n) is 17.2. The second-order valence-corrected chi connectivity index (χ2v) is 8.32. The fourth-order valence-electron chi connectivity index (χ4n) is 4.42. The van der Waals surface area contributed by atoms with Crippen LogP contribution in [0.5, 0.6) is 0 Å². The van der Waals surface area contributed by atoms with Gasteiger partial charge in [0.05, 0.1) is 0 Å². The van der Waals surface area contributed by atoms with E-state index in [-0.39, 0.29) is 30.1 Å². The molecule has 0 atom stereocenters. The molecule has 6 nitrogen and oxygen atoms in total. The number of carbonyl (C=O) groups excluding carboxylic acids is 3. The second kappa shape index (κ2) is 10.8. The highest BCUT2D eigenvalue weighted by Crippen LogP contribution is 2.32. The van der Waals surface area contributed by atoms with Gasteiger partial charge in [0, 0.05) is 45.6 Å². The van der Waals surface area contributed by atoms with Crippen molar-refractivity contribution in [2.45, 2.75) is 58.3 Å². The van der Waals surface area contributed by atoms with E-state index in [4.69, 9.17) is 4.74 Å². The third-order valence-electron chi connectivity index (χ3n) is 6.38. The van der Waals surface area contributed by atoms with E-state index in [0.717, 1.165) is 71.0 Å². The van der Waals surface area contributed by atoms with Gasteiger partial charge in [-0.1, -0.05) is 0 Å². The number of methoxy groups -OCH3 is 1. The highest BCUT2D eigenvalue weighted by molar-refractivity contribution is 5.81. The van der Waals surface area contributed by atoms with Crippen LogP contribution in [0.3, 0.4) is 0 Å². The number of nitrogens with zero attached hydrogens (tertiary/aromatic N) is 2. The topological polar surface area (TPSA) is 66.9 Å². The minimum absolute atomic E-state index is 0.0254. The smallest absolute Gasteiger partial charge is 0.248 e. The summed E-state index contributed by atoms with van der Waals surface area (Å²) in [7, 11) is 3.36. The van der Waals surface area contributed by atoms with E-state index in [1.165, 1.54) is 7.11 Å². The number of piperidine rings is 1. The zero-order chi connectivity index (χ0) is 19.8. The minimum Gasteiger partial charge on any atom is -0.375 e. The number of likely N-dealkylation sites (N-methyl/N-ethyl adjacent to an activating group) is 1. The third kappa shape index (κ3) is 6.59. The van der Waals surface area contributed by atoms with Gasteiger partial charge in [0.25, 0.3) is 0 Å². The van der Waals surface area contributed by atoms with Gasteiger partial charge in [-0.25, -0.2) is 0 Å². The number of hydrogen-bond acceptors (Lipinski definition) is 4. The van der Waals surface area contributed by atoms with Gasteiger partial charge in [-0.15, -0.1) is 0 Å². The van der Waals surface area contributed by atoms with E-state index in [2.05, 4.69) is 0 Å². The van der Waals surface area contributed by atoms with Gasteiger partial charge in [-0.3, -0.25) is 14.4 Å². The summed E-state index contributed by atoms with van der Waals surface area (Å²) in [5, 5.41) is 0. The van der Waals surface area contributed by atoms with Crippen LogP contribution in [-0.4, -0.2) is 67.8 Å². The van der Waals surface area contributed by atoms with Gasteiger partial charge in [-0.2, -0.15) is 0 Å². The van der Waals surface area contributed by atoms with E-state index < -0.39 is 0 Å². The predicted molar refractivity (Wildman–Crippen MR) is 104 cm³/mol. The number of ether oxygens (including phenoxy) is 1. The molecule has 1 saturated carbocycles. The van der Waals surface area contributed by atoms with E-state index in [1.807, 2.05) is 11.9 Å². The number of hydrogen-bond donors (Lipinski definition) is 0. The molecule has 0 unspecified atom stereocenters. The maximum absolute atomic E-state index is 12.8. The molecule has 27 heavy (non-hydrogen) atoms. The summed E-state index contributed by atoms with van der Waals surface area (Å²) in [6.45, 7) is 4.29. The van der Waals surface area contributed by atoms with Gasteiger partial charge in [-0.05, 0) is 64.2 Å². The molecule has 0 N–H and O–H groups in total. The molecule has 1 heterocycles. The molecule has 2 amide bonds. The maximum atomic E-state index is 12.8. The van der Waals surface area contributed by atoms with Crippen molar-refractivity contribution in [2.75, 3.05) is 40.4 Å². The Hall–Kier alpha value is -1.43. The van der Waals surface area contributed by atoms with Crippen molar-refractivity contribution in [2.24, 2.45) is 17.8 Å².